The van der Waals surface area contributed by atoms with Gasteiger partial charge in [0, 0.05) is 83.9 Å². The van der Waals surface area contributed by atoms with Gasteiger partial charge in [-0.2, -0.15) is 13.0 Å². The second kappa shape index (κ2) is 29.8. The van der Waals surface area contributed by atoms with Gasteiger partial charge in [0.15, 0.2) is 5.71 Å². The van der Waals surface area contributed by atoms with Gasteiger partial charge in [0.25, 0.3) is 21.9 Å². The Morgan fingerprint density at radius 1 is 0.690 bits per heavy atom. The number of allylic oxidation sites excluding steroid dienone is 7. The molecule has 8 unspecified atom stereocenters. The number of benzene rings is 3. The molecule has 14 N–H and O–H groups in total. The maximum Gasteiger partial charge on any atom is 0.303 e. The van der Waals surface area contributed by atoms with Gasteiger partial charge in [0.05, 0.1) is 45.9 Å². The lowest BCUT2D eigenvalue weighted by atomic mass is 9.80. The van der Waals surface area contributed by atoms with Crippen LogP contribution in [0.15, 0.2) is 112 Å². The number of carbonyl (C=O) groups excluding carboxylic acids is 2. The van der Waals surface area contributed by atoms with E-state index >= 15 is 0 Å². The van der Waals surface area contributed by atoms with Crippen molar-refractivity contribution < 1.29 is 106 Å². The first-order valence-corrected chi connectivity index (χ1v) is 31.5. The van der Waals surface area contributed by atoms with Crippen LogP contribution in [0.2, 0.25) is 0 Å². The largest absolute Gasteiger partial charge is 0.748 e. The summed E-state index contributed by atoms with van der Waals surface area (Å²) in [7, 11) is -9.11. The number of carboxylic acid groups (broad SMARTS) is 1. The fourth-order valence-corrected chi connectivity index (χ4v) is 11.9. The van der Waals surface area contributed by atoms with E-state index in [1.807, 2.05) is 56.9 Å². The predicted molar refractivity (Wildman–Crippen MR) is 316 cm³/mol. The van der Waals surface area contributed by atoms with Gasteiger partial charge in [-0.1, -0.05) is 19.9 Å². The van der Waals surface area contributed by atoms with Crippen molar-refractivity contribution in [3.8, 4) is 5.75 Å². The number of hydrogen-bond donors (Lipinski definition) is 14. The highest BCUT2D eigenvalue weighted by Crippen LogP contribution is 2.49. The van der Waals surface area contributed by atoms with Crippen LogP contribution in [-0.4, -0.2) is 204 Å². The molecule has 0 bridgehead atoms. The third kappa shape index (κ3) is 17.5. The summed E-state index contributed by atoms with van der Waals surface area (Å²) >= 11 is 0. The summed E-state index contributed by atoms with van der Waals surface area (Å²) in [5.41, 5.74) is 4.35. The summed E-state index contributed by atoms with van der Waals surface area (Å²) in [6.45, 7) is 5.60. The van der Waals surface area contributed by atoms with Gasteiger partial charge in [0.1, 0.15) is 54.7 Å². The molecule has 3 aliphatic rings. The fourth-order valence-electron chi connectivity index (χ4n) is 10.9. The third-order valence-electron chi connectivity index (χ3n) is 15.9. The summed E-state index contributed by atoms with van der Waals surface area (Å²) < 4.78 is 77.7. The summed E-state index contributed by atoms with van der Waals surface area (Å²) in [6.07, 6.45) is -3.53. The molecule has 0 fully saturated rings. The number of unbranched alkanes of at least 4 members (excludes halogenated alkanes) is 3. The van der Waals surface area contributed by atoms with Crippen molar-refractivity contribution in [3.05, 3.63) is 130 Å². The van der Waals surface area contributed by atoms with Crippen LogP contribution in [0.1, 0.15) is 117 Å². The maximum absolute atomic E-state index is 13.6. The molecular weight excluding hydrogens is 1180 g/mol. The Hall–Kier alpha value is -6.28. The Balaban J connectivity index is 1.41. The van der Waals surface area contributed by atoms with E-state index in [9.17, 15) is 96.5 Å². The minimum atomic E-state index is -4.58. The molecule has 0 saturated carbocycles. The number of nitrogens with one attached hydrogen (secondary N) is 2. The number of ether oxygens (including phenoxy) is 1. The lowest BCUT2D eigenvalue weighted by molar-refractivity contribution is -0.438. The van der Waals surface area contributed by atoms with Crippen molar-refractivity contribution in [2.75, 3.05) is 50.0 Å². The van der Waals surface area contributed by atoms with Crippen LogP contribution in [-0.2, 0) is 35.9 Å². The van der Waals surface area contributed by atoms with E-state index in [1.54, 1.807) is 30.3 Å². The molecule has 3 aromatic carbocycles. The number of hydrogen-bond acceptors (Lipinski definition) is 20. The monoisotopic (exact) mass is 1260 g/mol. The van der Waals surface area contributed by atoms with E-state index in [0.717, 1.165) is 17.0 Å². The molecule has 2 aliphatic heterocycles. The van der Waals surface area contributed by atoms with Crippen LogP contribution < -0.4 is 20.3 Å². The first kappa shape index (κ1) is 69.8. The van der Waals surface area contributed by atoms with E-state index in [0.29, 0.717) is 78.9 Å². The molecule has 27 heteroatoms. The van der Waals surface area contributed by atoms with Gasteiger partial charge in [-0.3, -0.25) is 18.9 Å². The topological polar surface area (TPSA) is 425 Å². The zero-order valence-electron chi connectivity index (χ0n) is 48.8. The standard InChI is InChI=1S/C60H80N4O21S2/c1-59(2)41-29-37(57(77)61-31-45(67)52(73)54(75)47(69)33-65)14-22-43(41)63(26-7-5-6-13-51(71)72)49(59)24-16-35-11-10-12-36(56(35)85-39-18-20-40(21-19-39)87(82,83)84)17-25-50-60(3,4)42-30-38(15-23-44(42)64(50)27-8-9-28-86(79,80)81)58(78)62-32-46(68)53(74)55(76)48(70)34-66/h14-25,29-30,45-48,52-55,65-70,73-76H,5-13,26-28,31-34H2,1-4H3,(H4-,61,62,71,72,77,78,79,80,81,82,83,84). The summed E-state index contributed by atoms with van der Waals surface area (Å²) in [4.78, 5) is 40.2. The van der Waals surface area contributed by atoms with Gasteiger partial charge in [-0.15, -0.1) is 0 Å². The molecule has 0 aromatic heterocycles. The van der Waals surface area contributed by atoms with E-state index in [4.69, 9.17) is 4.74 Å². The van der Waals surface area contributed by atoms with E-state index in [1.165, 1.54) is 30.3 Å². The lowest BCUT2D eigenvalue weighted by Crippen LogP contribution is -2.49. The molecule has 2 amide bonds. The second-order valence-electron chi connectivity index (χ2n) is 22.9. The number of carboxylic acids is 1. The van der Waals surface area contributed by atoms with E-state index in [-0.39, 0.29) is 47.6 Å². The molecule has 0 spiro atoms. The van der Waals surface area contributed by atoms with Crippen LogP contribution in [0.5, 0.6) is 5.75 Å². The van der Waals surface area contributed by atoms with Gasteiger partial charge in [-0.05, 0) is 142 Å². The minimum Gasteiger partial charge on any atom is -0.748 e. The van der Waals surface area contributed by atoms with Crippen molar-refractivity contribution >= 4 is 55.1 Å². The Morgan fingerprint density at radius 2 is 1.25 bits per heavy atom. The molecule has 478 valence electrons. The first-order valence-electron chi connectivity index (χ1n) is 28.5. The minimum absolute atomic E-state index is 0.0158. The van der Waals surface area contributed by atoms with Crippen LogP contribution in [0.4, 0.5) is 11.4 Å². The number of amides is 2. The molecule has 1 aliphatic carbocycles. The summed E-state index contributed by atoms with van der Waals surface area (Å²) in [5.74, 6) is -2.19. The van der Waals surface area contributed by atoms with Crippen LogP contribution in [0, 0.1) is 0 Å². The molecule has 6 rings (SSSR count). The second-order valence-corrected chi connectivity index (χ2v) is 25.9. The van der Waals surface area contributed by atoms with E-state index < -0.39 is 130 Å². The van der Waals surface area contributed by atoms with Crippen molar-refractivity contribution in [2.45, 2.75) is 150 Å². The Labute approximate surface area is 505 Å². The molecule has 0 radical (unpaired) electrons. The average Bonchev–Trinajstić information content (AvgIpc) is 1.62. The number of nitrogens with zero attached hydrogens (tertiary/aromatic N) is 2. The summed E-state index contributed by atoms with van der Waals surface area (Å²) in [5, 5.41) is 114. The van der Waals surface area contributed by atoms with E-state index in [2.05, 4.69) is 15.2 Å². The van der Waals surface area contributed by atoms with Gasteiger partial charge in [0.2, 0.25) is 5.69 Å². The molecule has 3 aromatic rings. The summed E-state index contributed by atoms with van der Waals surface area (Å²) in [6, 6.07) is 15.1. The van der Waals surface area contributed by atoms with Gasteiger partial charge >= 0.3 is 5.97 Å². The highest BCUT2D eigenvalue weighted by Gasteiger charge is 2.45. The SMILES string of the molecule is CC1(C)C(/C=C/C2=C(Oc3ccc(S(=O)(=O)O)cc3)C(=C/C=C3/N(CCCCS(=O)(=O)[O-])c4ccc(C(=O)NCC(O)C(O)C(O)C(O)CO)cc4C3(C)C)/CCC2)=[N+](CCCCCC(=O)O)c2ccc(C(=O)NCC(O)C(O)C(O)C(O)CO)cc21. The highest BCUT2D eigenvalue weighted by molar-refractivity contribution is 7.86. The third-order valence-corrected chi connectivity index (χ3v) is 17.6. The Bertz CT molecular complexity index is 3360. The van der Waals surface area contributed by atoms with Crippen LogP contribution >= 0.6 is 0 Å². The molecule has 2 heterocycles. The van der Waals surface area contributed by atoms with Crippen molar-refractivity contribution in [1.29, 1.82) is 0 Å². The predicted octanol–water partition coefficient (Wildman–Crippen LogP) is 1.29. The number of aliphatic hydroxyl groups excluding tert-OH is 10. The smallest absolute Gasteiger partial charge is 0.303 e. The number of aliphatic hydroxyl groups is 10. The van der Waals surface area contributed by atoms with Gasteiger partial charge in [-0.25, -0.2) is 8.42 Å². The van der Waals surface area contributed by atoms with Crippen molar-refractivity contribution in [1.82, 2.24) is 10.6 Å². The number of aliphatic carboxylic acids is 1. The zero-order chi connectivity index (χ0) is 64.3. The maximum atomic E-state index is 13.6. The fraction of sp³-hybridized carbons (Fsp3) is 0.500. The molecular formula is C60H80N4O21S2. The van der Waals surface area contributed by atoms with Crippen molar-refractivity contribution in [3.63, 3.8) is 0 Å². The van der Waals surface area contributed by atoms with Crippen molar-refractivity contribution in [2.24, 2.45) is 0 Å². The molecule has 87 heavy (non-hydrogen) atoms. The average molecular weight is 1260 g/mol. The van der Waals surface area contributed by atoms with Crippen LogP contribution in [0.3, 0.4) is 0 Å². The first-order chi connectivity index (χ1) is 40.8. The number of carbonyl (C=O) groups is 3. The van der Waals surface area contributed by atoms with Gasteiger partial charge < -0.3 is 81.0 Å². The molecule has 0 saturated heterocycles. The highest BCUT2D eigenvalue weighted by atomic mass is 32.2. The Morgan fingerprint density at radius 3 is 1.80 bits per heavy atom. The quantitative estimate of drug-likeness (QED) is 0.0245. The Kier molecular flexibility index (Phi) is 23.9. The number of anilines is 1. The lowest BCUT2D eigenvalue weighted by Gasteiger charge is -2.28. The number of rotatable bonds is 31. The normalized spacial score (nSPS) is 19.6. The molecule has 8 atom stereocenters. The number of fused-ring (bicyclic) bond motifs is 2. The molecule has 25 nitrogen and oxygen atoms in total. The zero-order valence-corrected chi connectivity index (χ0v) is 50.4. The van der Waals surface area contributed by atoms with Crippen LogP contribution in [0.25, 0.3) is 0 Å².